The minimum atomic E-state index is -1.99. The predicted molar refractivity (Wildman–Crippen MR) is 101 cm³/mol. The molecule has 0 saturated carbocycles. The predicted octanol–water partition coefficient (Wildman–Crippen LogP) is 5.71. The van der Waals surface area contributed by atoms with Crippen molar-refractivity contribution in [3.8, 4) is 0 Å². The van der Waals surface area contributed by atoms with E-state index < -0.39 is 8.32 Å². The monoisotopic (exact) mass is 342 g/mol. The summed E-state index contributed by atoms with van der Waals surface area (Å²) >= 11 is 0. The lowest BCUT2D eigenvalue weighted by Gasteiger charge is -2.46. The van der Waals surface area contributed by atoms with E-state index >= 15 is 0 Å². The Morgan fingerprint density at radius 3 is 1.74 bits per heavy atom. The number of hydrogen-bond donors (Lipinski definition) is 0. The third-order valence-corrected chi connectivity index (χ3v) is 10.7. The van der Waals surface area contributed by atoms with Gasteiger partial charge in [-0.1, -0.05) is 62.3 Å². The van der Waals surface area contributed by atoms with Crippen LogP contribution in [0.25, 0.3) is 0 Å². The number of carbonyl (C=O) groups excluding carboxylic acids is 1. The van der Waals surface area contributed by atoms with Gasteiger partial charge in [0, 0.05) is 6.08 Å². The van der Waals surface area contributed by atoms with E-state index in [9.17, 15) is 4.79 Å². The molecule has 4 heteroatoms. The van der Waals surface area contributed by atoms with E-state index in [0.29, 0.717) is 23.2 Å². The Morgan fingerprint density at radius 2 is 1.43 bits per heavy atom. The van der Waals surface area contributed by atoms with E-state index in [2.05, 4.69) is 62.3 Å². The van der Waals surface area contributed by atoms with Crippen molar-refractivity contribution in [1.82, 2.24) is 0 Å². The Balaban J connectivity index is 5.62. The summed E-state index contributed by atoms with van der Waals surface area (Å²) in [5, 5.41) is 0. The quantitative estimate of drug-likeness (QED) is 0.322. The molecule has 0 N–H and O–H groups in total. The summed E-state index contributed by atoms with van der Waals surface area (Å²) in [7, 11) is -1.99. The van der Waals surface area contributed by atoms with E-state index in [1.165, 1.54) is 6.08 Å². The summed E-state index contributed by atoms with van der Waals surface area (Å²) < 4.78 is 11.9. The van der Waals surface area contributed by atoms with Gasteiger partial charge in [-0.15, -0.1) is 0 Å². The van der Waals surface area contributed by atoms with Crippen LogP contribution in [0.15, 0.2) is 12.2 Å². The van der Waals surface area contributed by atoms with Crippen LogP contribution in [0.3, 0.4) is 0 Å². The van der Waals surface area contributed by atoms with Crippen molar-refractivity contribution in [2.75, 3.05) is 6.61 Å². The van der Waals surface area contributed by atoms with Crippen LogP contribution in [0.2, 0.25) is 16.6 Å². The van der Waals surface area contributed by atoms with Gasteiger partial charge in [0.2, 0.25) is 8.32 Å². The third-order valence-electron chi connectivity index (χ3n) is 4.59. The summed E-state index contributed by atoms with van der Waals surface area (Å²) in [4.78, 5) is 11.7. The molecule has 0 fully saturated rings. The standard InChI is InChI=1S/C19H38O3Si/c1-11-21-18(20)13-12-17(19(8,9)10)22-23(14(2)3,15(4)5)16(6)7/h12-17H,11H2,1-10H3/b13-12+/t17-/m0/s1. The first kappa shape index (κ1) is 22.4. The van der Waals surface area contributed by atoms with Crippen molar-refractivity contribution in [3.63, 3.8) is 0 Å². The molecule has 0 aliphatic rings. The van der Waals surface area contributed by atoms with Crippen molar-refractivity contribution < 1.29 is 14.0 Å². The van der Waals surface area contributed by atoms with Gasteiger partial charge in [0.1, 0.15) is 0 Å². The Bertz CT molecular complexity index is 370. The first-order chi connectivity index (χ1) is 10.4. The van der Waals surface area contributed by atoms with Crippen LogP contribution in [0.1, 0.15) is 69.2 Å². The molecule has 0 heterocycles. The fourth-order valence-electron chi connectivity index (χ4n) is 3.49. The van der Waals surface area contributed by atoms with E-state index in [1.807, 2.05) is 13.0 Å². The number of carbonyl (C=O) groups is 1. The van der Waals surface area contributed by atoms with Crippen LogP contribution in [0.4, 0.5) is 0 Å². The maximum Gasteiger partial charge on any atom is 0.330 e. The first-order valence-electron chi connectivity index (χ1n) is 8.92. The maximum absolute atomic E-state index is 11.7. The second-order valence-electron chi connectivity index (χ2n) is 8.33. The molecular weight excluding hydrogens is 304 g/mol. The average Bonchev–Trinajstić information content (AvgIpc) is 2.36. The highest BCUT2D eigenvalue weighted by atomic mass is 28.4. The largest absolute Gasteiger partial charge is 0.463 e. The molecule has 0 aliphatic heterocycles. The molecule has 0 spiro atoms. The number of ether oxygens (including phenoxy) is 1. The molecule has 0 bridgehead atoms. The van der Waals surface area contributed by atoms with Crippen LogP contribution >= 0.6 is 0 Å². The van der Waals surface area contributed by atoms with Crippen LogP contribution in [0.5, 0.6) is 0 Å². The van der Waals surface area contributed by atoms with Crippen LogP contribution < -0.4 is 0 Å². The van der Waals surface area contributed by atoms with Gasteiger partial charge in [0.05, 0.1) is 12.7 Å². The van der Waals surface area contributed by atoms with Crippen molar-refractivity contribution in [3.05, 3.63) is 12.2 Å². The maximum atomic E-state index is 11.7. The Hall–Kier alpha value is -0.613. The zero-order valence-corrected chi connectivity index (χ0v) is 17.9. The lowest BCUT2D eigenvalue weighted by atomic mass is 9.89. The summed E-state index contributed by atoms with van der Waals surface area (Å²) in [5.74, 6) is -0.295. The summed E-state index contributed by atoms with van der Waals surface area (Å²) in [6.45, 7) is 22.4. The van der Waals surface area contributed by atoms with Gasteiger partial charge in [-0.25, -0.2) is 4.79 Å². The minimum absolute atomic E-state index is 0.0695. The Labute approximate surface area is 145 Å². The smallest absolute Gasteiger partial charge is 0.330 e. The van der Waals surface area contributed by atoms with E-state index in [0.717, 1.165) is 0 Å². The van der Waals surface area contributed by atoms with E-state index in [4.69, 9.17) is 9.16 Å². The SMILES string of the molecule is CCOC(=O)/C=C/[C@H](O[Si](C(C)C)(C(C)C)C(C)C)C(C)(C)C. The normalized spacial score (nSPS) is 15.0. The van der Waals surface area contributed by atoms with Gasteiger partial charge in [-0.3, -0.25) is 0 Å². The molecule has 0 aromatic heterocycles. The topological polar surface area (TPSA) is 35.5 Å². The summed E-state index contributed by atoms with van der Waals surface area (Å²) in [6.07, 6.45) is 3.33. The van der Waals surface area contributed by atoms with Crippen molar-refractivity contribution in [2.24, 2.45) is 5.41 Å². The molecule has 136 valence electrons. The van der Waals surface area contributed by atoms with Crippen molar-refractivity contribution in [2.45, 2.75) is 92.0 Å². The average molecular weight is 343 g/mol. The molecule has 1 atom stereocenters. The molecule has 0 aromatic rings. The second-order valence-corrected chi connectivity index (χ2v) is 13.7. The molecule has 0 rings (SSSR count). The third kappa shape index (κ3) is 6.07. The van der Waals surface area contributed by atoms with Gasteiger partial charge < -0.3 is 9.16 Å². The van der Waals surface area contributed by atoms with Gasteiger partial charge >= 0.3 is 5.97 Å². The highest BCUT2D eigenvalue weighted by Gasteiger charge is 2.47. The molecule has 0 radical (unpaired) electrons. The summed E-state index contributed by atoms with van der Waals surface area (Å²) in [6, 6.07) is 0. The van der Waals surface area contributed by atoms with E-state index in [-0.39, 0.29) is 17.5 Å². The van der Waals surface area contributed by atoms with Crippen LogP contribution in [0, 0.1) is 5.41 Å². The van der Waals surface area contributed by atoms with E-state index in [1.54, 1.807) is 0 Å². The fourth-order valence-corrected chi connectivity index (χ4v) is 9.18. The lowest BCUT2D eigenvalue weighted by molar-refractivity contribution is -0.137. The molecule has 0 aliphatic carbocycles. The molecule has 0 aromatic carbocycles. The molecule has 23 heavy (non-hydrogen) atoms. The number of hydrogen-bond acceptors (Lipinski definition) is 3. The molecule has 3 nitrogen and oxygen atoms in total. The molecule has 0 saturated heterocycles. The molecular formula is C19H38O3Si. The molecule has 0 unspecified atom stereocenters. The highest BCUT2D eigenvalue weighted by molar-refractivity contribution is 6.77. The van der Waals surface area contributed by atoms with Gasteiger partial charge in [0.25, 0.3) is 0 Å². The first-order valence-corrected chi connectivity index (χ1v) is 11.1. The van der Waals surface area contributed by atoms with Crippen molar-refractivity contribution >= 4 is 14.3 Å². The van der Waals surface area contributed by atoms with Crippen molar-refractivity contribution in [1.29, 1.82) is 0 Å². The second kappa shape index (κ2) is 9.02. The summed E-state index contributed by atoms with van der Waals surface area (Å²) in [5.41, 5.74) is 1.48. The zero-order valence-electron chi connectivity index (χ0n) is 16.9. The molecule has 0 amide bonds. The Morgan fingerprint density at radius 1 is 1.00 bits per heavy atom. The fraction of sp³-hybridized carbons (Fsp3) is 0.842. The highest BCUT2D eigenvalue weighted by Crippen LogP contribution is 2.45. The van der Waals surface area contributed by atoms with Gasteiger partial charge in [-0.2, -0.15) is 0 Å². The minimum Gasteiger partial charge on any atom is -0.463 e. The van der Waals surface area contributed by atoms with Gasteiger partial charge in [0.15, 0.2) is 0 Å². The number of rotatable bonds is 8. The lowest BCUT2D eigenvalue weighted by Crippen LogP contribution is -2.52. The number of esters is 1. The van der Waals surface area contributed by atoms with Crippen LogP contribution in [-0.4, -0.2) is 27.0 Å². The Kier molecular flexibility index (Phi) is 8.78. The van der Waals surface area contributed by atoms with Crippen LogP contribution in [-0.2, 0) is 14.0 Å². The zero-order chi connectivity index (χ0) is 18.4. The van der Waals surface area contributed by atoms with Gasteiger partial charge in [-0.05, 0) is 35.0 Å².